The number of amides is 2. The van der Waals surface area contributed by atoms with Crippen LogP contribution < -0.4 is 10.6 Å². The van der Waals surface area contributed by atoms with Crippen molar-refractivity contribution in [1.82, 2.24) is 15.5 Å². The van der Waals surface area contributed by atoms with Crippen LogP contribution in [-0.2, 0) is 9.59 Å². The summed E-state index contributed by atoms with van der Waals surface area (Å²) in [6.07, 6.45) is 2.08. The summed E-state index contributed by atoms with van der Waals surface area (Å²) in [4.78, 5) is 25.5. The zero-order chi connectivity index (χ0) is 14.5. The highest BCUT2D eigenvalue weighted by Crippen LogP contribution is 2.16. The van der Waals surface area contributed by atoms with E-state index in [-0.39, 0.29) is 18.4 Å². The largest absolute Gasteiger partial charge is 0.347 e. The minimum Gasteiger partial charge on any atom is -0.347 e. The first-order valence-electron chi connectivity index (χ1n) is 7.05. The van der Waals surface area contributed by atoms with Gasteiger partial charge in [-0.25, -0.2) is 0 Å². The standard InChI is InChI=1S/C14H27N3O2/c1-14(2,3)13(19)16-10-12(18)17-7-5-11(6-8-17)9-15-4/h11,15H,5-10H2,1-4H3,(H,16,19). The van der Waals surface area contributed by atoms with Gasteiger partial charge in [0.1, 0.15) is 0 Å². The van der Waals surface area contributed by atoms with Crippen LogP contribution in [0.25, 0.3) is 0 Å². The Morgan fingerprint density at radius 2 is 1.79 bits per heavy atom. The second kappa shape index (κ2) is 6.89. The van der Waals surface area contributed by atoms with E-state index in [0.29, 0.717) is 5.92 Å². The Labute approximate surface area is 116 Å². The molecule has 0 aromatic heterocycles. The molecule has 5 nitrogen and oxygen atoms in total. The maximum atomic E-state index is 12.0. The second-order valence-corrected chi connectivity index (χ2v) is 6.31. The molecule has 1 aliphatic heterocycles. The molecule has 0 aromatic carbocycles. The third-order valence-electron chi connectivity index (χ3n) is 3.54. The zero-order valence-corrected chi connectivity index (χ0v) is 12.6. The van der Waals surface area contributed by atoms with Gasteiger partial charge in [0.05, 0.1) is 6.54 Å². The Balaban J connectivity index is 2.30. The van der Waals surface area contributed by atoms with Crippen LogP contribution in [0.2, 0.25) is 0 Å². The smallest absolute Gasteiger partial charge is 0.241 e. The lowest BCUT2D eigenvalue weighted by atomic mass is 9.95. The van der Waals surface area contributed by atoms with Gasteiger partial charge < -0.3 is 15.5 Å². The van der Waals surface area contributed by atoms with Gasteiger partial charge in [-0.1, -0.05) is 20.8 Å². The zero-order valence-electron chi connectivity index (χ0n) is 12.6. The molecule has 0 saturated carbocycles. The van der Waals surface area contributed by atoms with Gasteiger partial charge in [-0.05, 0) is 32.4 Å². The van der Waals surface area contributed by atoms with Gasteiger partial charge in [-0.3, -0.25) is 9.59 Å². The van der Waals surface area contributed by atoms with Crippen LogP contribution in [0.15, 0.2) is 0 Å². The number of piperidine rings is 1. The van der Waals surface area contributed by atoms with E-state index in [1.165, 1.54) is 0 Å². The fraction of sp³-hybridized carbons (Fsp3) is 0.857. The summed E-state index contributed by atoms with van der Waals surface area (Å²) in [5.41, 5.74) is -0.444. The summed E-state index contributed by atoms with van der Waals surface area (Å²) < 4.78 is 0. The molecule has 0 aromatic rings. The van der Waals surface area contributed by atoms with Gasteiger partial charge in [0.15, 0.2) is 0 Å². The van der Waals surface area contributed by atoms with Gasteiger partial charge >= 0.3 is 0 Å². The molecule has 0 radical (unpaired) electrons. The quantitative estimate of drug-likeness (QED) is 0.786. The number of hydrogen-bond acceptors (Lipinski definition) is 3. The molecule has 5 heteroatoms. The van der Waals surface area contributed by atoms with E-state index in [9.17, 15) is 9.59 Å². The molecular formula is C14H27N3O2. The lowest BCUT2D eigenvalue weighted by Gasteiger charge is -2.32. The summed E-state index contributed by atoms with van der Waals surface area (Å²) in [7, 11) is 1.96. The van der Waals surface area contributed by atoms with Crippen LogP contribution in [0.5, 0.6) is 0 Å². The van der Waals surface area contributed by atoms with Crippen molar-refractivity contribution in [3.8, 4) is 0 Å². The number of rotatable bonds is 4. The van der Waals surface area contributed by atoms with E-state index >= 15 is 0 Å². The van der Waals surface area contributed by atoms with Crippen LogP contribution in [0.3, 0.4) is 0 Å². The molecule has 1 saturated heterocycles. The van der Waals surface area contributed by atoms with Gasteiger partial charge in [0, 0.05) is 18.5 Å². The highest BCUT2D eigenvalue weighted by Gasteiger charge is 2.25. The first kappa shape index (κ1) is 16.0. The van der Waals surface area contributed by atoms with Crippen LogP contribution in [0, 0.1) is 11.3 Å². The van der Waals surface area contributed by atoms with Gasteiger partial charge in [-0.15, -0.1) is 0 Å². The molecule has 1 heterocycles. The Bertz CT molecular complexity index is 315. The highest BCUT2D eigenvalue weighted by atomic mass is 16.2. The van der Waals surface area contributed by atoms with Crippen LogP contribution in [0.1, 0.15) is 33.6 Å². The van der Waals surface area contributed by atoms with E-state index < -0.39 is 5.41 Å². The lowest BCUT2D eigenvalue weighted by molar-refractivity contribution is -0.136. The van der Waals surface area contributed by atoms with Crippen molar-refractivity contribution in [3.05, 3.63) is 0 Å². The van der Waals surface area contributed by atoms with E-state index in [1.807, 2.05) is 32.7 Å². The molecular weight excluding hydrogens is 242 g/mol. The minimum absolute atomic E-state index is 0.0282. The number of carbonyl (C=O) groups excluding carboxylic acids is 2. The molecule has 110 valence electrons. The first-order valence-corrected chi connectivity index (χ1v) is 7.05. The molecule has 0 unspecified atom stereocenters. The van der Waals surface area contributed by atoms with Gasteiger partial charge in [0.25, 0.3) is 0 Å². The van der Waals surface area contributed by atoms with Crippen molar-refractivity contribution >= 4 is 11.8 Å². The summed E-state index contributed by atoms with van der Waals surface area (Å²) >= 11 is 0. The monoisotopic (exact) mass is 269 g/mol. The van der Waals surface area contributed by atoms with Crippen LogP contribution in [0.4, 0.5) is 0 Å². The number of carbonyl (C=O) groups is 2. The van der Waals surface area contributed by atoms with Crippen molar-refractivity contribution in [2.45, 2.75) is 33.6 Å². The maximum absolute atomic E-state index is 12.0. The average molecular weight is 269 g/mol. The molecule has 1 fully saturated rings. The van der Waals surface area contributed by atoms with Crippen molar-refractivity contribution in [1.29, 1.82) is 0 Å². The fourth-order valence-electron chi connectivity index (χ4n) is 2.21. The molecule has 0 bridgehead atoms. The van der Waals surface area contributed by atoms with E-state index in [1.54, 1.807) is 0 Å². The minimum atomic E-state index is -0.444. The van der Waals surface area contributed by atoms with Crippen molar-refractivity contribution in [3.63, 3.8) is 0 Å². The first-order chi connectivity index (χ1) is 8.84. The number of nitrogens with zero attached hydrogens (tertiary/aromatic N) is 1. The normalized spacial score (nSPS) is 17.4. The van der Waals surface area contributed by atoms with E-state index in [0.717, 1.165) is 32.5 Å². The molecule has 19 heavy (non-hydrogen) atoms. The molecule has 0 aliphatic carbocycles. The van der Waals surface area contributed by atoms with E-state index in [2.05, 4.69) is 10.6 Å². The Morgan fingerprint density at radius 1 is 1.21 bits per heavy atom. The summed E-state index contributed by atoms with van der Waals surface area (Å²) in [5.74, 6) is 0.615. The Kier molecular flexibility index (Phi) is 5.79. The van der Waals surface area contributed by atoms with Crippen molar-refractivity contribution in [2.75, 3.05) is 33.2 Å². The summed E-state index contributed by atoms with van der Waals surface area (Å²) in [6.45, 7) is 8.27. The predicted molar refractivity (Wildman–Crippen MR) is 75.7 cm³/mol. The van der Waals surface area contributed by atoms with Gasteiger partial charge in [-0.2, -0.15) is 0 Å². The molecule has 1 aliphatic rings. The predicted octanol–water partition coefficient (Wildman–Crippen LogP) is 0.607. The molecule has 0 spiro atoms. The SMILES string of the molecule is CNCC1CCN(C(=O)CNC(=O)C(C)(C)C)CC1. The second-order valence-electron chi connectivity index (χ2n) is 6.31. The van der Waals surface area contributed by atoms with Crippen LogP contribution in [-0.4, -0.2) is 49.9 Å². The van der Waals surface area contributed by atoms with Crippen molar-refractivity contribution in [2.24, 2.45) is 11.3 Å². The highest BCUT2D eigenvalue weighted by molar-refractivity contribution is 5.87. The fourth-order valence-corrected chi connectivity index (χ4v) is 2.21. The molecule has 2 N–H and O–H groups in total. The van der Waals surface area contributed by atoms with E-state index in [4.69, 9.17) is 0 Å². The summed E-state index contributed by atoms with van der Waals surface area (Å²) in [5, 5.41) is 5.89. The third kappa shape index (κ3) is 5.19. The Hall–Kier alpha value is -1.10. The number of likely N-dealkylation sites (tertiary alicyclic amines) is 1. The number of hydrogen-bond donors (Lipinski definition) is 2. The maximum Gasteiger partial charge on any atom is 0.241 e. The topological polar surface area (TPSA) is 61.4 Å². The molecule has 0 atom stereocenters. The van der Waals surface area contributed by atoms with Gasteiger partial charge in [0.2, 0.25) is 11.8 Å². The molecule has 2 amide bonds. The lowest BCUT2D eigenvalue weighted by Crippen LogP contribution is -2.46. The van der Waals surface area contributed by atoms with Crippen LogP contribution >= 0.6 is 0 Å². The number of nitrogens with one attached hydrogen (secondary N) is 2. The Morgan fingerprint density at radius 3 is 2.26 bits per heavy atom. The third-order valence-corrected chi connectivity index (χ3v) is 3.54. The molecule has 1 rings (SSSR count). The summed E-state index contributed by atoms with van der Waals surface area (Å²) in [6, 6.07) is 0. The van der Waals surface area contributed by atoms with Crippen molar-refractivity contribution < 1.29 is 9.59 Å². The average Bonchev–Trinajstić information content (AvgIpc) is 2.35.